The average molecular weight is 257 g/mol. The SMILES string of the molecule is C=CC(=O)CSc1ccc(Br)cc1. The second-order valence-corrected chi connectivity index (χ2v) is 4.38. The first-order valence-electron chi connectivity index (χ1n) is 3.76. The van der Waals surface area contributed by atoms with E-state index in [1.54, 1.807) is 0 Å². The molecule has 3 heteroatoms. The first-order chi connectivity index (χ1) is 6.22. The van der Waals surface area contributed by atoms with Crippen molar-refractivity contribution in [3.63, 3.8) is 0 Å². The molecule has 1 nitrogen and oxygen atoms in total. The monoisotopic (exact) mass is 256 g/mol. The lowest BCUT2D eigenvalue weighted by atomic mass is 10.4. The third-order valence-corrected chi connectivity index (χ3v) is 2.99. The summed E-state index contributed by atoms with van der Waals surface area (Å²) in [6.45, 7) is 3.42. The van der Waals surface area contributed by atoms with Gasteiger partial charge in [0.2, 0.25) is 0 Å². The molecule has 0 unspecified atom stereocenters. The van der Waals surface area contributed by atoms with E-state index in [2.05, 4.69) is 22.5 Å². The summed E-state index contributed by atoms with van der Waals surface area (Å²) in [5.74, 6) is 0.526. The standard InChI is InChI=1S/C10H9BrOS/c1-2-9(12)7-13-10-5-3-8(11)4-6-10/h2-6H,1,7H2. The van der Waals surface area contributed by atoms with Crippen LogP contribution in [0, 0.1) is 0 Å². The summed E-state index contributed by atoms with van der Waals surface area (Å²) in [5.41, 5.74) is 0. The molecule has 0 aliphatic carbocycles. The quantitative estimate of drug-likeness (QED) is 0.608. The van der Waals surface area contributed by atoms with Crippen molar-refractivity contribution in [3.05, 3.63) is 41.4 Å². The van der Waals surface area contributed by atoms with Crippen molar-refractivity contribution in [1.82, 2.24) is 0 Å². The van der Waals surface area contributed by atoms with Gasteiger partial charge in [0.1, 0.15) is 0 Å². The average Bonchev–Trinajstić information content (AvgIpc) is 2.16. The first kappa shape index (κ1) is 10.5. The van der Waals surface area contributed by atoms with Crippen molar-refractivity contribution in [2.75, 3.05) is 5.75 Å². The van der Waals surface area contributed by atoms with Gasteiger partial charge >= 0.3 is 0 Å². The predicted molar refractivity (Wildman–Crippen MR) is 60.1 cm³/mol. The van der Waals surface area contributed by atoms with Crippen molar-refractivity contribution in [2.45, 2.75) is 4.90 Å². The second kappa shape index (κ2) is 5.25. The van der Waals surface area contributed by atoms with Crippen LogP contribution >= 0.6 is 27.7 Å². The molecule has 0 aliphatic rings. The Morgan fingerprint density at radius 2 is 2.08 bits per heavy atom. The molecule has 0 atom stereocenters. The smallest absolute Gasteiger partial charge is 0.165 e. The Bertz CT molecular complexity index is 305. The molecule has 13 heavy (non-hydrogen) atoms. The molecule has 1 rings (SSSR count). The first-order valence-corrected chi connectivity index (χ1v) is 5.54. The van der Waals surface area contributed by atoms with E-state index in [0.29, 0.717) is 5.75 Å². The number of rotatable bonds is 4. The van der Waals surface area contributed by atoms with Crippen LogP contribution < -0.4 is 0 Å². The molecule has 0 heterocycles. The third-order valence-electron chi connectivity index (χ3n) is 1.42. The lowest BCUT2D eigenvalue weighted by Gasteiger charge is -1.98. The van der Waals surface area contributed by atoms with Crippen LogP contribution in [0.4, 0.5) is 0 Å². The van der Waals surface area contributed by atoms with Crippen molar-refractivity contribution >= 4 is 33.5 Å². The van der Waals surface area contributed by atoms with Gasteiger partial charge in [0, 0.05) is 9.37 Å². The zero-order chi connectivity index (χ0) is 9.68. The van der Waals surface area contributed by atoms with Crippen molar-refractivity contribution in [3.8, 4) is 0 Å². The fourth-order valence-electron chi connectivity index (χ4n) is 0.744. The summed E-state index contributed by atoms with van der Waals surface area (Å²) in [6, 6.07) is 7.87. The van der Waals surface area contributed by atoms with E-state index < -0.39 is 0 Å². The molecule has 0 bridgehead atoms. The Balaban J connectivity index is 2.50. The summed E-state index contributed by atoms with van der Waals surface area (Å²) in [4.78, 5) is 12.0. The largest absolute Gasteiger partial charge is 0.294 e. The topological polar surface area (TPSA) is 17.1 Å². The lowest BCUT2D eigenvalue weighted by Crippen LogP contribution is -1.94. The van der Waals surface area contributed by atoms with E-state index in [-0.39, 0.29) is 5.78 Å². The Kier molecular flexibility index (Phi) is 4.25. The van der Waals surface area contributed by atoms with Crippen LogP contribution in [-0.4, -0.2) is 11.5 Å². The Labute approximate surface area is 90.4 Å². The highest BCUT2D eigenvalue weighted by molar-refractivity contribution is 9.10. The van der Waals surface area contributed by atoms with Crippen LogP contribution in [0.3, 0.4) is 0 Å². The molecule has 0 N–H and O–H groups in total. The maximum Gasteiger partial charge on any atom is 0.165 e. The van der Waals surface area contributed by atoms with Gasteiger partial charge in [-0.05, 0) is 30.3 Å². The molecule has 0 saturated carbocycles. The Hall–Kier alpha value is -0.540. The van der Waals surface area contributed by atoms with Gasteiger partial charge in [0.15, 0.2) is 5.78 Å². The van der Waals surface area contributed by atoms with Crippen LogP contribution in [0.15, 0.2) is 46.3 Å². The van der Waals surface area contributed by atoms with E-state index >= 15 is 0 Å². The predicted octanol–water partition coefficient (Wildman–Crippen LogP) is 3.30. The van der Waals surface area contributed by atoms with Gasteiger partial charge in [-0.3, -0.25) is 4.79 Å². The van der Waals surface area contributed by atoms with E-state index in [9.17, 15) is 4.79 Å². The zero-order valence-electron chi connectivity index (χ0n) is 7.00. The molecule has 0 saturated heterocycles. The third kappa shape index (κ3) is 3.79. The van der Waals surface area contributed by atoms with Gasteiger partial charge in [-0.25, -0.2) is 0 Å². The molecular formula is C10H9BrOS. The highest BCUT2D eigenvalue weighted by Crippen LogP contribution is 2.20. The van der Waals surface area contributed by atoms with E-state index in [0.717, 1.165) is 9.37 Å². The van der Waals surface area contributed by atoms with Crippen LogP contribution in [0.1, 0.15) is 0 Å². The second-order valence-electron chi connectivity index (χ2n) is 2.41. The van der Waals surface area contributed by atoms with Gasteiger partial charge in [-0.2, -0.15) is 0 Å². The van der Waals surface area contributed by atoms with Gasteiger partial charge in [0.05, 0.1) is 5.75 Å². The molecule has 0 aromatic heterocycles. The molecule has 0 fully saturated rings. The minimum Gasteiger partial charge on any atom is -0.294 e. The van der Waals surface area contributed by atoms with Crippen molar-refractivity contribution in [1.29, 1.82) is 0 Å². The molecule has 68 valence electrons. The van der Waals surface area contributed by atoms with Crippen molar-refractivity contribution in [2.24, 2.45) is 0 Å². The summed E-state index contributed by atoms with van der Waals surface area (Å²) in [5, 5.41) is 0. The Morgan fingerprint density at radius 1 is 1.46 bits per heavy atom. The number of carbonyl (C=O) groups excluding carboxylic acids is 1. The molecule has 0 amide bonds. The number of hydrogen-bond acceptors (Lipinski definition) is 2. The number of carbonyl (C=O) groups is 1. The number of benzene rings is 1. The van der Waals surface area contributed by atoms with Crippen LogP contribution in [-0.2, 0) is 4.79 Å². The fourth-order valence-corrected chi connectivity index (χ4v) is 1.76. The zero-order valence-corrected chi connectivity index (χ0v) is 9.40. The van der Waals surface area contributed by atoms with Crippen LogP contribution in [0.5, 0.6) is 0 Å². The lowest BCUT2D eigenvalue weighted by molar-refractivity contribution is -0.112. The molecule has 0 radical (unpaired) electrons. The number of ketones is 1. The summed E-state index contributed by atoms with van der Waals surface area (Å²) in [7, 11) is 0. The van der Waals surface area contributed by atoms with Crippen LogP contribution in [0.2, 0.25) is 0 Å². The summed E-state index contributed by atoms with van der Waals surface area (Å²) >= 11 is 4.87. The summed E-state index contributed by atoms with van der Waals surface area (Å²) in [6.07, 6.45) is 1.35. The number of thioether (sulfide) groups is 1. The number of halogens is 1. The minimum atomic E-state index is 0.0629. The van der Waals surface area contributed by atoms with Crippen molar-refractivity contribution < 1.29 is 4.79 Å². The maximum atomic E-state index is 10.9. The van der Waals surface area contributed by atoms with Gasteiger partial charge in [-0.15, -0.1) is 11.8 Å². The Morgan fingerprint density at radius 3 is 2.62 bits per heavy atom. The maximum absolute atomic E-state index is 10.9. The molecule has 1 aromatic rings. The number of allylic oxidation sites excluding steroid dienone is 1. The summed E-state index contributed by atoms with van der Waals surface area (Å²) < 4.78 is 1.05. The van der Waals surface area contributed by atoms with E-state index in [4.69, 9.17) is 0 Å². The van der Waals surface area contributed by atoms with E-state index in [1.807, 2.05) is 24.3 Å². The fraction of sp³-hybridized carbons (Fsp3) is 0.100. The highest BCUT2D eigenvalue weighted by atomic mass is 79.9. The molecule has 0 aliphatic heterocycles. The molecule has 0 spiro atoms. The van der Waals surface area contributed by atoms with Gasteiger partial charge < -0.3 is 0 Å². The molecule has 1 aromatic carbocycles. The van der Waals surface area contributed by atoms with Gasteiger partial charge in [-0.1, -0.05) is 22.5 Å². The van der Waals surface area contributed by atoms with Gasteiger partial charge in [0.25, 0.3) is 0 Å². The minimum absolute atomic E-state index is 0.0629. The van der Waals surface area contributed by atoms with Crippen LogP contribution in [0.25, 0.3) is 0 Å². The normalized spacial score (nSPS) is 9.62. The van der Waals surface area contributed by atoms with E-state index in [1.165, 1.54) is 17.8 Å². The molecular weight excluding hydrogens is 248 g/mol. The number of hydrogen-bond donors (Lipinski definition) is 0. The highest BCUT2D eigenvalue weighted by Gasteiger charge is 1.97.